The highest BCUT2D eigenvalue weighted by atomic mass is 28.6. The summed E-state index contributed by atoms with van der Waals surface area (Å²) in [6.45, 7) is 0. The van der Waals surface area contributed by atoms with E-state index in [1.54, 1.807) is 0 Å². The minimum absolute atomic E-state index is 3.53. The van der Waals surface area contributed by atoms with Crippen LogP contribution in [0.3, 0.4) is 0 Å². The molecule has 2 unspecified atom stereocenters. The molecule has 0 aromatic carbocycles. The number of rotatable bonds is 6. The van der Waals surface area contributed by atoms with E-state index in [-0.39, 0.29) is 0 Å². The first kappa shape index (κ1) is 26.7. The summed E-state index contributed by atoms with van der Waals surface area (Å²) in [6, 6.07) is 0. The molecule has 0 saturated carbocycles. The molecule has 28 heavy (non-hydrogen) atoms. The van der Waals surface area contributed by atoms with Crippen molar-refractivity contribution in [3.8, 4) is 0 Å². The quantitative estimate of drug-likeness (QED) is 0.137. The first-order chi connectivity index (χ1) is 11.9. The average Bonchev–Trinajstić information content (AvgIpc) is 2.10. The molecule has 21 nitrogen and oxygen atoms in total. The third-order valence-electron chi connectivity index (χ3n) is 1.85. The number of hydrogen-bond donors (Lipinski definition) is 14. The van der Waals surface area contributed by atoms with Crippen LogP contribution < -0.4 is 0 Å². The maximum Gasteiger partial charge on any atom is 0.665 e. The molecule has 1 fully saturated rings. The summed E-state index contributed by atoms with van der Waals surface area (Å²) in [4.78, 5) is 129. The Labute approximate surface area is 159 Å². The van der Waals surface area contributed by atoms with Gasteiger partial charge < -0.3 is 95.9 Å². The maximum atomic E-state index is 10.00. The summed E-state index contributed by atoms with van der Waals surface area (Å²) in [5.41, 5.74) is 0. The van der Waals surface area contributed by atoms with Crippen molar-refractivity contribution in [2.45, 2.75) is 0 Å². The largest absolute Gasteiger partial charge is 0.665 e. The van der Waals surface area contributed by atoms with Crippen molar-refractivity contribution in [1.29, 1.82) is 0 Å². The van der Waals surface area contributed by atoms with E-state index in [1.807, 2.05) is 0 Å². The fraction of sp³-hybridized carbons (Fsp3) is 0. The maximum absolute atomic E-state index is 10.00. The van der Waals surface area contributed by atoms with Gasteiger partial charge in [0.25, 0.3) is 0 Å². The van der Waals surface area contributed by atoms with E-state index in [4.69, 9.17) is 28.8 Å². The summed E-state index contributed by atoms with van der Waals surface area (Å²) in [7, 11) is -42.1. The van der Waals surface area contributed by atoms with E-state index in [9.17, 15) is 38.4 Å². The van der Waals surface area contributed by atoms with Crippen molar-refractivity contribution >= 4 is 63.3 Å². The highest BCUT2D eigenvalue weighted by Gasteiger charge is 2.73. The second-order valence-corrected chi connectivity index (χ2v) is 18.0. The van der Waals surface area contributed by atoms with Crippen LogP contribution in [0.2, 0.25) is 0 Å². The SMILES string of the molecule is O[Si](O)(O)O[Si](O)(O)O[Si]1(O)O[Si](O)(O)O[Si](O)(O)O[Si](O)(O[Si](O)(O)O)O1. The molecule has 0 spiro atoms. The minimum Gasteiger partial charge on any atom is -0.369 e. The van der Waals surface area contributed by atoms with Crippen LogP contribution in [0.5, 0.6) is 0 Å². The molecule has 1 heterocycles. The molecule has 28 heteroatoms. The topological polar surface area (TPSA) is 348 Å². The van der Waals surface area contributed by atoms with Crippen molar-refractivity contribution in [1.82, 2.24) is 0 Å². The Kier molecular flexibility index (Phi) is 7.62. The van der Waals surface area contributed by atoms with Gasteiger partial charge in [-0.25, -0.2) is 0 Å². The van der Waals surface area contributed by atoms with Crippen LogP contribution in [0.1, 0.15) is 0 Å². The second-order valence-electron chi connectivity index (χ2n) is 4.56. The first-order valence-electron chi connectivity index (χ1n) is 5.99. The normalized spacial score (nSPS) is 31.9. The van der Waals surface area contributed by atoms with Crippen molar-refractivity contribution in [3.05, 3.63) is 0 Å². The molecule has 0 aromatic heterocycles. The van der Waals surface area contributed by atoms with Crippen LogP contribution in [0, 0.1) is 0 Å². The fourth-order valence-electron chi connectivity index (χ4n) is 1.38. The van der Waals surface area contributed by atoms with E-state index >= 15 is 0 Å². The first-order valence-corrected chi connectivity index (χ1v) is 18.0. The van der Waals surface area contributed by atoms with Gasteiger partial charge in [-0.1, -0.05) is 0 Å². The predicted octanol–water partition coefficient (Wildman–Crippen LogP) is -10.9. The van der Waals surface area contributed by atoms with E-state index < -0.39 is 63.3 Å². The zero-order valence-corrected chi connectivity index (χ0v) is 19.6. The molecule has 1 rings (SSSR count). The summed E-state index contributed by atoms with van der Waals surface area (Å²) in [5, 5.41) is 0. The Hall–Kier alpha value is 0.678. The zero-order valence-electron chi connectivity index (χ0n) is 12.6. The Morgan fingerprint density at radius 1 is 0.500 bits per heavy atom. The lowest BCUT2D eigenvalue weighted by Crippen LogP contribution is -2.76. The molecular weight excluding hydrogens is 533 g/mol. The average molecular weight is 547 g/mol. The van der Waals surface area contributed by atoms with Crippen molar-refractivity contribution < 1.29 is 95.9 Å². The zero-order chi connectivity index (χ0) is 22.4. The van der Waals surface area contributed by atoms with Crippen LogP contribution in [0.4, 0.5) is 0 Å². The van der Waals surface area contributed by atoms with Crippen LogP contribution >= 0.6 is 0 Å². The molecule has 168 valence electrons. The summed E-state index contributed by atoms with van der Waals surface area (Å²) < 4.78 is 26.9. The van der Waals surface area contributed by atoms with E-state index in [0.717, 1.165) is 0 Å². The Morgan fingerprint density at radius 3 is 1.25 bits per heavy atom. The van der Waals surface area contributed by atoms with Gasteiger partial charge in [0.2, 0.25) is 0 Å². The lowest BCUT2D eigenvalue weighted by molar-refractivity contribution is -0.0625. The Balaban J connectivity index is 3.30. The van der Waals surface area contributed by atoms with Gasteiger partial charge in [-0.3, -0.25) is 0 Å². The van der Waals surface area contributed by atoms with Crippen LogP contribution in [0.15, 0.2) is 0 Å². The molecule has 1 aliphatic rings. The molecular formula is H14O21Si7. The fourth-order valence-corrected chi connectivity index (χ4v) is 15.8. The molecule has 0 aliphatic carbocycles. The molecule has 0 aromatic rings. The van der Waals surface area contributed by atoms with Gasteiger partial charge >= 0.3 is 63.3 Å². The Bertz CT molecular complexity index is 542. The van der Waals surface area contributed by atoms with Crippen molar-refractivity contribution in [3.63, 3.8) is 0 Å². The highest BCUT2D eigenvalue weighted by Crippen LogP contribution is 2.28. The molecule has 14 N–H and O–H groups in total. The van der Waals surface area contributed by atoms with E-state index in [0.29, 0.717) is 0 Å². The van der Waals surface area contributed by atoms with Crippen molar-refractivity contribution in [2.24, 2.45) is 0 Å². The molecule has 1 saturated heterocycles. The minimum atomic E-state index is -6.27. The van der Waals surface area contributed by atoms with Gasteiger partial charge in [-0.15, -0.1) is 0 Å². The smallest absolute Gasteiger partial charge is 0.369 e. The lowest BCUT2D eigenvalue weighted by Gasteiger charge is -2.39. The van der Waals surface area contributed by atoms with Crippen LogP contribution in [0.25, 0.3) is 0 Å². The van der Waals surface area contributed by atoms with Gasteiger partial charge in [-0.2, -0.15) is 0 Å². The Morgan fingerprint density at radius 2 is 0.893 bits per heavy atom. The number of hydrogen-bond acceptors (Lipinski definition) is 21. The highest BCUT2D eigenvalue weighted by molar-refractivity contribution is 6.85. The molecule has 2 atom stereocenters. The summed E-state index contributed by atoms with van der Waals surface area (Å²) in [6.07, 6.45) is 0. The van der Waals surface area contributed by atoms with Gasteiger partial charge in [-0.05, 0) is 0 Å². The second kappa shape index (κ2) is 7.98. The monoisotopic (exact) mass is 546 g/mol. The van der Waals surface area contributed by atoms with E-state index in [2.05, 4.69) is 28.8 Å². The standard InChI is InChI=1S/H14O21Si7/c1-22(2,3)15-24(7,8)18-28(14)20-26(11,12)17-25(9,10)19-27(13,21-28)16-23(4,5)6/h1-14H. The third kappa shape index (κ3) is 9.66. The summed E-state index contributed by atoms with van der Waals surface area (Å²) >= 11 is 0. The molecule has 1 aliphatic heterocycles. The van der Waals surface area contributed by atoms with Crippen LogP contribution in [-0.4, -0.2) is 130 Å². The van der Waals surface area contributed by atoms with Gasteiger partial charge in [0.05, 0.1) is 0 Å². The predicted molar refractivity (Wildman–Crippen MR) is 78.9 cm³/mol. The van der Waals surface area contributed by atoms with E-state index in [1.165, 1.54) is 0 Å². The van der Waals surface area contributed by atoms with Gasteiger partial charge in [0.15, 0.2) is 0 Å². The molecule has 0 bridgehead atoms. The summed E-state index contributed by atoms with van der Waals surface area (Å²) in [5.74, 6) is 0. The molecule has 0 radical (unpaired) electrons. The van der Waals surface area contributed by atoms with Gasteiger partial charge in [0.1, 0.15) is 0 Å². The van der Waals surface area contributed by atoms with Crippen LogP contribution in [-0.2, 0) is 28.8 Å². The third-order valence-corrected chi connectivity index (χ3v) is 16.6. The molecule has 0 amide bonds. The van der Waals surface area contributed by atoms with Crippen molar-refractivity contribution in [2.75, 3.05) is 0 Å². The van der Waals surface area contributed by atoms with Gasteiger partial charge in [0, 0.05) is 0 Å². The lowest BCUT2D eigenvalue weighted by atomic mass is 15.5.